The van der Waals surface area contributed by atoms with Crippen molar-refractivity contribution in [1.82, 2.24) is 0 Å². The summed E-state index contributed by atoms with van der Waals surface area (Å²) in [6, 6.07) is 5.50. The summed E-state index contributed by atoms with van der Waals surface area (Å²) in [5.74, 6) is 0. The molecule has 15 heavy (non-hydrogen) atoms. The zero-order valence-corrected chi connectivity index (χ0v) is 10.9. The van der Waals surface area contributed by atoms with Crippen molar-refractivity contribution in [1.29, 1.82) is 0 Å². The van der Waals surface area contributed by atoms with E-state index in [4.69, 9.17) is 16.3 Å². The molecular formula is C11H14BrClO2. The van der Waals surface area contributed by atoms with E-state index >= 15 is 0 Å². The topological polar surface area (TPSA) is 29.5 Å². The summed E-state index contributed by atoms with van der Waals surface area (Å²) in [4.78, 5) is 0. The maximum absolute atomic E-state index is 9.86. The molecule has 0 amide bonds. The number of methoxy groups -OCH3 is 1. The van der Waals surface area contributed by atoms with Gasteiger partial charge in [-0.2, -0.15) is 0 Å². The van der Waals surface area contributed by atoms with Crippen LogP contribution >= 0.6 is 27.5 Å². The first-order chi connectivity index (χ1) is 7.15. The standard InChI is InChI=1S/C11H14BrClO2/c1-15-6-2-3-11(14)9-5-4-8(12)7-10(9)13/h4-5,7,11,14H,2-3,6H2,1H3. The van der Waals surface area contributed by atoms with E-state index in [0.29, 0.717) is 18.1 Å². The van der Waals surface area contributed by atoms with E-state index in [1.165, 1.54) is 0 Å². The van der Waals surface area contributed by atoms with Crippen LogP contribution in [-0.2, 0) is 4.74 Å². The number of benzene rings is 1. The fourth-order valence-corrected chi connectivity index (χ4v) is 2.15. The fourth-order valence-electron chi connectivity index (χ4n) is 1.35. The molecule has 0 heterocycles. The second-order valence-electron chi connectivity index (χ2n) is 3.32. The average Bonchev–Trinajstić information content (AvgIpc) is 2.17. The number of hydrogen-bond donors (Lipinski definition) is 1. The number of aliphatic hydroxyl groups is 1. The highest BCUT2D eigenvalue weighted by atomic mass is 79.9. The molecule has 0 spiro atoms. The first-order valence-electron chi connectivity index (χ1n) is 4.77. The van der Waals surface area contributed by atoms with Gasteiger partial charge in [0, 0.05) is 23.2 Å². The number of halogens is 2. The first-order valence-corrected chi connectivity index (χ1v) is 5.94. The lowest BCUT2D eigenvalue weighted by atomic mass is 10.1. The van der Waals surface area contributed by atoms with Crippen molar-refractivity contribution in [2.45, 2.75) is 18.9 Å². The first kappa shape index (κ1) is 13.0. The lowest BCUT2D eigenvalue weighted by molar-refractivity contribution is 0.136. The summed E-state index contributed by atoms with van der Waals surface area (Å²) < 4.78 is 5.84. The Hall–Kier alpha value is -0.0900. The van der Waals surface area contributed by atoms with Crippen LogP contribution in [0.25, 0.3) is 0 Å². The third-order valence-corrected chi connectivity index (χ3v) is 2.97. The minimum absolute atomic E-state index is 0.513. The molecule has 0 saturated heterocycles. The van der Waals surface area contributed by atoms with Crippen molar-refractivity contribution in [3.8, 4) is 0 Å². The van der Waals surface area contributed by atoms with Crippen LogP contribution in [0.2, 0.25) is 5.02 Å². The van der Waals surface area contributed by atoms with Gasteiger partial charge in [-0.3, -0.25) is 0 Å². The van der Waals surface area contributed by atoms with Crippen LogP contribution in [0.5, 0.6) is 0 Å². The molecule has 1 aromatic rings. The third kappa shape index (κ3) is 4.11. The SMILES string of the molecule is COCCCC(O)c1ccc(Br)cc1Cl. The van der Waals surface area contributed by atoms with Gasteiger partial charge in [-0.15, -0.1) is 0 Å². The minimum atomic E-state index is -0.513. The smallest absolute Gasteiger partial charge is 0.0805 e. The summed E-state index contributed by atoms with van der Waals surface area (Å²) in [5, 5.41) is 10.5. The second kappa shape index (κ2) is 6.48. The summed E-state index contributed by atoms with van der Waals surface area (Å²) in [6.07, 6.45) is 0.972. The molecule has 0 bridgehead atoms. The molecule has 2 nitrogen and oxygen atoms in total. The maximum Gasteiger partial charge on any atom is 0.0805 e. The Morgan fingerprint density at radius 3 is 2.87 bits per heavy atom. The minimum Gasteiger partial charge on any atom is -0.388 e. The number of ether oxygens (including phenoxy) is 1. The van der Waals surface area contributed by atoms with Gasteiger partial charge in [0.05, 0.1) is 6.10 Å². The summed E-state index contributed by atoms with van der Waals surface area (Å²) in [7, 11) is 1.65. The molecule has 1 atom stereocenters. The molecule has 1 N–H and O–H groups in total. The number of hydrogen-bond acceptors (Lipinski definition) is 2. The van der Waals surface area contributed by atoms with Crippen molar-refractivity contribution in [3.05, 3.63) is 33.3 Å². The summed E-state index contributed by atoms with van der Waals surface area (Å²) in [5.41, 5.74) is 0.774. The molecule has 0 aliphatic rings. The predicted octanol–water partition coefficient (Wildman–Crippen LogP) is 3.56. The Labute approximate surface area is 103 Å². The van der Waals surface area contributed by atoms with Crippen LogP contribution in [0.15, 0.2) is 22.7 Å². The van der Waals surface area contributed by atoms with Crippen LogP contribution in [0, 0.1) is 0 Å². The van der Waals surface area contributed by atoms with Gasteiger partial charge in [-0.05, 0) is 30.5 Å². The van der Waals surface area contributed by atoms with E-state index in [1.54, 1.807) is 13.2 Å². The average molecular weight is 294 g/mol. The van der Waals surface area contributed by atoms with Crippen LogP contribution in [0.3, 0.4) is 0 Å². The molecule has 0 aliphatic carbocycles. The van der Waals surface area contributed by atoms with Gasteiger partial charge in [-0.1, -0.05) is 33.6 Å². The highest BCUT2D eigenvalue weighted by Crippen LogP contribution is 2.28. The molecule has 1 rings (SSSR count). The van der Waals surface area contributed by atoms with Crippen molar-refractivity contribution in [2.75, 3.05) is 13.7 Å². The van der Waals surface area contributed by atoms with Gasteiger partial charge in [-0.25, -0.2) is 0 Å². The highest BCUT2D eigenvalue weighted by molar-refractivity contribution is 9.10. The van der Waals surface area contributed by atoms with Crippen LogP contribution in [0.1, 0.15) is 24.5 Å². The van der Waals surface area contributed by atoms with Crippen molar-refractivity contribution in [3.63, 3.8) is 0 Å². The van der Waals surface area contributed by atoms with E-state index in [-0.39, 0.29) is 0 Å². The Morgan fingerprint density at radius 1 is 1.53 bits per heavy atom. The fraction of sp³-hybridized carbons (Fsp3) is 0.455. The van der Waals surface area contributed by atoms with Crippen molar-refractivity contribution < 1.29 is 9.84 Å². The van der Waals surface area contributed by atoms with E-state index in [0.717, 1.165) is 16.5 Å². The summed E-state index contributed by atoms with van der Waals surface area (Å²) >= 11 is 9.34. The normalized spacial score (nSPS) is 12.8. The maximum atomic E-state index is 9.86. The Bertz CT molecular complexity index is 317. The van der Waals surface area contributed by atoms with Gasteiger partial charge >= 0.3 is 0 Å². The molecule has 0 radical (unpaired) electrons. The van der Waals surface area contributed by atoms with Crippen LogP contribution < -0.4 is 0 Å². The second-order valence-corrected chi connectivity index (χ2v) is 4.64. The molecule has 0 aromatic heterocycles. The van der Waals surface area contributed by atoms with E-state index in [2.05, 4.69) is 15.9 Å². The molecule has 0 aliphatic heterocycles. The molecule has 84 valence electrons. The number of rotatable bonds is 5. The van der Waals surface area contributed by atoms with Gasteiger partial charge in [0.2, 0.25) is 0 Å². The molecular weight excluding hydrogens is 279 g/mol. The quantitative estimate of drug-likeness (QED) is 0.841. The zero-order valence-electron chi connectivity index (χ0n) is 8.54. The van der Waals surface area contributed by atoms with Gasteiger partial charge in [0.25, 0.3) is 0 Å². The van der Waals surface area contributed by atoms with E-state index < -0.39 is 6.10 Å². The van der Waals surface area contributed by atoms with Gasteiger partial charge < -0.3 is 9.84 Å². The predicted molar refractivity (Wildman–Crippen MR) is 65.2 cm³/mol. The van der Waals surface area contributed by atoms with Crippen molar-refractivity contribution in [2.24, 2.45) is 0 Å². The monoisotopic (exact) mass is 292 g/mol. The van der Waals surface area contributed by atoms with E-state index in [9.17, 15) is 5.11 Å². The van der Waals surface area contributed by atoms with Gasteiger partial charge in [0.15, 0.2) is 0 Å². The Morgan fingerprint density at radius 2 is 2.27 bits per heavy atom. The van der Waals surface area contributed by atoms with Crippen molar-refractivity contribution >= 4 is 27.5 Å². The Kier molecular flexibility index (Phi) is 5.61. The molecule has 1 unspecified atom stereocenters. The molecule has 0 saturated carbocycles. The van der Waals surface area contributed by atoms with E-state index in [1.807, 2.05) is 12.1 Å². The molecule has 1 aromatic carbocycles. The molecule has 4 heteroatoms. The number of aliphatic hydroxyl groups excluding tert-OH is 1. The Balaban J connectivity index is 2.61. The lowest BCUT2D eigenvalue weighted by Crippen LogP contribution is -2.00. The zero-order chi connectivity index (χ0) is 11.3. The van der Waals surface area contributed by atoms with Gasteiger partial charge in [0.1, 0.15) is 0 Å². The third-order valence-electron chi connectivity index (χ3n) is 2.15. The van der Waals surface area contributed by atoms with Crippen LogP contribution in [-0.4, -0.2) is 18.8 Å². The largest absolute Gasteiger partial charge is 0.388 e. The highest BCUT2D eigenvalue weighted by Gasteiger charge is 2.11. The molecule has 0 fully saturated rings. The summed E-state index contributed by atoms with van der Waals surface area (Å²) in [6.45, 7) is 0.658. The lowest BCUT2D eigenvalue weighted by Gasteiger charge is -2.12. The van der Waals surface area contributed by atoms with Crippen LogP contribution in [0.4, 0.5) is 0 Å².